The van der Waals surface area contributed by atoms with Crippen LogP contribution in [0.5, 0.6) is 0 Å². The van der Waals surface area contributed by atoms with Gasteiger partial charge >= 0.3 is 6.09 Å². The Morgan fingerprint density at radius 1 is 1.24 bits per heavy atom. The molecule has 3 rings (SSSR count). The molecule has 1 aromatic heterocycles. The second kappa shape index (κ2) is 10.4. The molecule has 1 aliphatic carbocycles. The van der Waals surface area contributed by atoms with Gasteiger partial charge in [-0.1, -0.05) is 18.2 Å². The SMILES string of the molecule is C=CCOCc1ccc(Br)nc1NC(=O)[C@@H]1C[C@]2(COCC=C)C[C@H]2N1C(=O)OC(C)(C)C. The first-order valence-corrected chi connectivity index (χ1v) is 11.7. The molecule has 2 amide bonds. The monoisotopic (exact) mass is 521 g/mol. The largest absolute Gasteiger partial charge is 0.444 e. The van der Waals surface area contributed by atoms with Crippen LogP contribution in [0, 0.1) is 5.41 Å². The molecule has 2 aliphatic rings. The van der Waals surface area contributed by atoms with Crippen molar-refractivity contribution in [2.24, 2.45) is 5.41 Å². The third-order valence-corrected chi connectivity index (χ3v) is 6.07. The number of halogens is 1. The fourth-order valence-electron chi connectivity index (χ4n) is 4.13. The highest BCUT2D eigenvalue weighted by atomic mass is 79.9. The lowest BCUT2D eigenvalue weighted by Gasteiger charge is -2.29. The Morgan fingerprint density at radius 2 is 1.94 bits per heavy atom. The minimum Gasteiger partial charge on any atom is -0.444 e. The number of carbonyl (C=O) groups excluding carboxylic acids is 2. The summed E-state index contributed by atoms with van der Waals surface area (Å²) in [5, 5.41) is 2.90. The number of carbonyl (C=O) groups is 2. The molecular weight excluding hydrogens is 490 g/mol. The summed E-state index contributed by atoms with van der Waals surface area (Å²) in [6, 6.07) is 2.83. The number of amides is 2. The number of pyridine rings is 1. The lowest BCUT2D eigenvalue weighted by Crippen LogP contribution is -2.47. The predicted molar refractivity (Wildman–Crippen MR) is 129 cm³/mol. The van der Waals surface area contributed by atoms with E-state index in [1.165, 1.54) is 0 Å². The molecule has 33 heavy (non-hydrogen) atoms. The maximum absolute atomic E-state index is 13.4. The van der Waals surface area contributed by atoms with Gasteiger partial charge in [-0.2, -0.15) is 0 Å². The first kappa shape index (κ1) is 25.4. The average molecular weight is 522 g/mol. The third-order valence-electron chi connectivity index (χ3n) is 5.63. The van der Waals surface area contributed by atoms with E-state index in [2.05, 4.69) is 39.4 Å². The zero-order valence-electron chi connectivity index (χ0n) is 19.4. The number of anilines is 1. The number of hydrogen-bond acceptors (Lipinski definition) is 6. The molecule has 0 unspecified atom stereocenters. The van der Waals surface area contributed by atoms with Crippen molar-refractivity contribution >= 4 is 33.7 Å². The van der Waals surface area contributed by atoms with E-state index < -0.39 is 17.7 Å². The number of fused-ring (bicyclic) bond motifs is 1. The van der Waals surface area contributed by atoms with E-state index in [0.717, 1.165) is 12.0 Å². The van der Waals surface area contributed by atoms with Gasteiger partial charge < -0.3 is 19.5 Å². The van der Waals surface area contributed by atoms with E-state index in [0.29, 0.717) is 36.7 Å². The molecule has 1 aromatic rings. The number of nitrogens with one attached hydrogen (secondary N) is 1. The van der Waals surface area contributed by atoms with Crippen LogP contribution in [0.4, 0.5) is 10.6 Å². The number of piperidine rings is 1. The second-order valence-corrected chi connectivity index (χ2v) is 10.2. The quantitative estimate of drug-likeness (QED) is 0.277. The van der Waals surface area contributed by atoms with E-state index in [-0.39, 0.29) is 24.0 Å². The van der Waals surface area contributed by atoms with E-state index in [9.17, 15) is 9.59 Å². The van der Waals surface area contributed by atoms with Crippen molar-refractivity contribution in [1.29, 1.82) is 0 Å². The predicted octanol–water partition coefficient (Wildman–Crippen LogP) is 4.46. The number of aromatic nitrogens is 1. The maximum Gasteiger partial charge on any atom is 0.411 e. The maximum atomic E-state index is 13.4. The molecule has 9 heteroatoms. The molecule has 0 spiro atoms. The van der Waals surface area contributed by atoms with Gasteiger partial charge in [0.2, 0.25) is 5.91 Å². The first-order valence-electron chi connectivity index (χ1n) is 10.9. The van der Waals surface area contributed by atoms with Gasteiger partial charge in [-0.3, -0.25) is 9.69 Å². The molecule has 0 bridgehead atoms. The van der Waals surface area contributed by atoms with Gasteiger partial charge in [-0.15, -0.1) is 13.2 Å². The molecule has 3 atom stereocenters. The van der Waals surface area contributed by atoms with Gasteiger partial charge in [0.15, 0.2) is 0 Å². The summed E-state index contributed by atoms with van der Waals surface area (Å²) in [5.74, 6) is 0.0758. The number of hydrogen-bond donors (Lipinski definition) is 1. The van der Waals surface area contributed by atoms with Crippen molar-refractivity contribution in [1.82, 2.24) is 9.88 Å². The van der Waals surface area contributed by atoms with Crippen LogP contribution in [0.1, 0.15) is 39.2 Å². The normalized spacial score (nSPS) is 23.6. The number of ether oxygens (including phenoxy) is 3. The zero-order valence-corrected chi connectivity index (χ0v) is 21.0. The number of likely N-dealkylation sites (tertiary alicyclic amines) is 1. The molecule has 180 valence electrons. The van der Waals surface area contributed by atoms with E-state index in [1.807, 2.05) is 26.8 Å². The van der Waals surface area contributed by atoms with Crippen LogP contribution in [0.25, 0.3) is 0 Å². The Kier molecular flexibility index (Phi) is 7.97. The summed E-state index contributed by atoms with van der Waals surface area (Å²) in [7, 11) is 0. The van der Waals surface area contributed by atoms with Crippen LogP contribution in [-0.4, -0.2) is 59.4 Å². The van der Waals surface area contributed by atoms with Crippen molar-refractivity contribution in [2.75, 3.05) is 25.1 Å². The minimum absolute atomic E-state index is 0.0984. The molecule has 1 aliphatic heterocycles. The Bertz CT molecular complexity index is 916. The van der Waals surface area contributed by atoms with E-state index >= 15 is 0 Å². The van der Waals surface area contributed by atoms with Gasteiger partial charge in [0.05, 0.1) is 26.4 Å². The average Bonchev–Trinajstić information content (AvgIpc) is 3.32. The fourth-order valence-corrected chi connectivity index (χ4v) is 4.44. The molecule has 1 N–H and O–H groups in total. The summed E-state index contributed by atoms with van der Waals surface area (Å²) in [5.41, 5.74) is -0.189. The van der Waals surface area contributed by atoms with Crippen molar-refractivity contribution in [2.45, 2.75) is 57.9 Å². The van der Waals surface area contributed by atoms with Gasteiger partial charge in [0.25, 0.3) is 0 Å². The first-order chi connectivity index (χ1) is 15.6. The lowest BCUT2D eigenvalue weighted by atomic mass is 10.00. The Morgan fingerprint density at radius 3 is 2.61 bits per heavy atom. The molecule has 1 saturated carbocycles. The molecule has 8 nitrogen and oxygen atoms in total. The van der Waals surface area contributed by atoms with Crippen LogP contribution in [0.3, 0.4) is 0 Å². The van der Waals surface area contributed by atoms with E-state index in [4.69, 9.17) is 14.2 Å². The smallest absolute Gasteiger partial charge is 0.411 e. The van der Waals surface area contributed by atoms with E-state index in [1.54, 1.807) is 23.1 Å². The van der Waals surface area contributed by atoms with Gasteiger partial charge in [0.1, 0.15) is 22.1 Å². The highest BCUT2D eigenvalue weighted by molar-refractivity contribution is 9.10. The van der Waals surface area contributed by atoms with Crippen LogP contribution in [0.2, 0.25) is 0 Å². The van der Waals surface area contributed by atoms with Crippen molar-refractivity contribution < 1.29 is 23.8 Å². The summed E-state index contributed by atoms with van der Waals surface area (Å²) in [6.07, 6.45) is 4.13. The zero-order chi connectivity index (χ0) is 24.2. The topological polar surface area (TPSA) is 90.0 Å². The van der Waals surface area contributed by atoms with Crippen molar-refractivity contribution in [3.63, 3.8) is 0 Å². The second-order valence-electron chi connectivity index (χ2n) is 9.43. The molecule has 2 heterocycles. The summed E-state index contributed by atoms with van der Waals surface area (Å²) in [4.78, 5) is 32.4. The summed E-state index contributed by atoms with van der Waals surface area (Å²) in [6.45, 7) is 14.3. The third kappa shape index (κ3) is 6.22. The number of rotatable bonds is 10. The summed E-state index contributed by atoms with van der Waals surface area (Å²) >= 11 is 3.35. The Hall–Kier alpha value is -2.23. The Labute approximate surface area is 203 Å². The molecule has 0 aromatic carbocycles. The standard InChI is InChI=1S/C24H32BrN3O5/c1-6-10-31-14-16-8-9-19(25)26-20(16)27-21(29)17-12-24(15-32-11-7-2)13-18(24)28(17)22(30)33-23(3,4)5/h6-9,17-18H,1-2,10-15H2,3-5H3,(H,26,27,29)/t17-,18+,24+/m0/s1. The molecule has 2 fully saturated rings. The van der Waals surface area contributed by atoms with Crippen LogP contribution in [0.15, 0.2) is 42.0 Å². The highest BCUT2D eigenvalue weighted by Crippen LogP contribution is 2.60. The highest BCUT2D eigenvalue weighted by Gasteiger charge is 2.68. The van der Waals surface area contributed by atoms with Crippen molar-refractivity contribution in [3.05, 3.63) is 47.6 Å². The lowest BCUT2D eigenvalue weighted by molar-refractivity contribution is -0.121. The fraction of sp³-hybridized carbons (Fsp3) is 0.542. The summed E-state index contributed by atoms with van der Waals surface area (Å²) < 4.78 is 17.4. The van der Waals surface area contributed by atoms with Crippen LogP contribution < -0.4 is 5.32 Å². The number of nitrogens with zero attached hydrogens (tertiary/aromatic N) is 2. The van der Waals surface area contributed by atoms with Gasteiger partial charge in [-0.05, 0) is 55.6 Å². The molecule has 0 radical (unpaired) electrons. The van der Waals surface area contributed by atoms with Gasteiger partial charge in [0, 0.05) is 17.0 Å². The van der Waals surface area contributed by atoms with Gasteiger partial charge in [-0.25, -0.2) is 9.78 Å². The minimum atomic E-state index is -0.686. The van der Waals surface area contributed by atoms with Crippen LogP contribution in [-0.2, 0) is 25.6 Å². The van der Waals surface area contributed by atoms with Crippen LogP contribution >= 0.6 is 15.9 Å². The Balaban J connectivity index is 1.79. The molecular formula is C24H32BrN3O5. The molecule has 1 saturated heterocycles. The van der Waals surface area contributed by atoms with Crippen molar-refractivity contribution in [3.8, 4) is 0 Å².